The van der Waals surface area contributed by atoms with Gasteiger partial charge in [0.05, 0.1) is 5.92 Å². The first-order valence-electron chi connectivity index (χ1n) is 6.76. The second-order valence-electron chi connectivity index (χ2n) is 6.91. The third-order valence-corrected chi connectivity index (χ3v) is 3.80. The van der Waals surface area contributed by atoms with Gasteiger partial charge in [-0.3, -0.25) is 4.79 Å². The fourth-order valence-corrected chi connectivity index (χ4v) is 2.97. The van der Waals surface area contributed by atoms with Crippen LogP contribution >= 0.6 is 0 Å². The third kappa shape index (κ3) is 4.30. The molecule has 4 unspecified atom stereocenters. The van der Waals surface area contributed by atoms with Crippen molar-refractivity contribution in [2.24, 2.45) is 23.0 Å². The van der Waals surface area contributed by atoms with Crippen molar-refractivity contribution in [1.82, 2.24) is 5.32 Å². The molecule has 1 rings (SSSR count). The Kier molecular flexibility index (Phi) is 4.59. The van der Waals surface area contributed by atoms with E-state index in [0.29, 0.717) is 17.4 Å². The molecule has 100 valence electrons. The summed E-state index contributed by atoms with van der Waals surface area (Å²) < 4.78 is 0. The highest BCUT2D eigenvalue weighted by Crippen LogP contribution is 2.31. The van der Waals surface area contributed by atoms with Crippen molar-refractivity contribution in [3.8, 4) is 0 Å². The largest absolute Gasteiger partial charge is 0.369 e. The van der Waals surface area contributed by atoms with Crippen LogP contribution in [-0.4, -0.2) is 18.0 Å². The first-order valence-corrected chi connectivity index (χ1v) is 6.76. The monoisotopic (exact) mass is 240 g/mol. The molecule has 3 nitrogen and oxygen atoms in total. The summed E-state index contributed by atoms with van der Waals surface area (Å²) in [4.78, 5) is 11.6. The Morgan fingerprint density at radius 3 is 2.41 bits per heavy atom. The molecule has 0 aliphatic carbocycles. The van der Waals surface area contributed by atoms with Crippen LogP contribution in [0, 0.1) is 17.3 Å². The lowest BCUT2D eigenvalue weighted by atomic mass is 9.75. The zero-order valence-corrected chi connectivity index (χ0v) is 11.9. The molecule has 4 atom stereocenters. The summed E-state index contributed by atoms with van der Waals surface area (Å²) in [6, 6.07) is 0.746. The minimum atomic E-state index is -0.143. The van der Waals surface area contributed by atoms with Gasteiger partial charge in [-0.25, -0.2) is 0 Å². The minimum Gasteiger partial charge on any atom is -0.369 e. The van der Waals surface area contributed by atoms with Gasteiger partial charge in [-0.15, -0.1) is 0 Å². The molecule has 0 radical (unpaired) electrons. The molecule has 3 heteroatoms. The van der Waals surface area contributed by atoms with Crippen LogP contribution in [0.4, 0.5) is 0 Å². The van der Waals surface area contributed by atoms with E-state index in [4.69, 9.17) is 5.73 Å². The van der Waals surface area contributed by atoms with Gasteiger partial charge in [0.1, 0.15) is 0 Å². The molecular formula is C14H28N2O. The second-order valence-corrected chi connectivity index (χ2v) is 6.91. The van der Waals surface area contributed by atoms with Gasteiger partial charge in [0.15, 0.2) is 0 Å². The number of hydrogen-bond donors (Lipinski definition) is 2. The molecule has 0 saturated carbocycles. The zero-order valence-electron chi connectivity index (χ0n) is 11.9. The highest BCUT2D eigenvalue weighted by molar-refractivity contribution is 5.77. The van der Waals surface area contributed by atoms with E-state index in [1.54, 1.807) is 0 Å². The average molecular weight is 240 g/mol. The molecule has 0 bridgehead atoms. The van der Waals surface area contributed by atoms with Crippen molar-refractivity contribution >= 4 is 5.91 Å². The molecule has 0 aromatic carbocycles. The quantitative estimate of drug-likeness (QED) is 0.795. The highest BCUT2D eigenvalue weighted by Gasteiger charge is 2.37. The van der Waals surface area contributed by atoms with Crippen molar-refractivity contribution in [2.75, 3.05) is 0 Å². The number of hydrogen-bond acceptors (Lipinski definition) is 2. The van der Waals surface area contributed by atoms with Gasteiger partial charge in [0, 0.05) is 12.1 Å². The summed E-state index contributed by atoms with van der Waals surface area (Å²) in [5.41, 5.74) is 5.87. The first-order chi connectivity index (χ1) is 7.70. The molecule has 1 fully saturated rings. The van der Waals surface area contributed by atoms with Crippen LogP contribution in [0.15, 0.2) is 0 Å². The second kappa shape index (κ2) is 5.38. The van der Waals surface area contributed by atoms with Crippen LogP contribution in [0.2, 0.25) is 0 Å². The minimum absolute atomic E-state index is 0.00597. The fourth-order valence-electron chi connectivity index (χ4n) is 2.97. The van der Waals surface area contributed by atoms with Crippen LogP contribution in [0.1, 0.15) is 53.9 Å². The Morgan fingerprint density at radius 1 is 1.35 bits per heavy atom. The molecule has 17 heavy (non-hydrogen) atoms. The molecule has 0 aromatic rings. The molecule has 1 heterocycles. The molecule has 1 aliphatic rings. The zero-order chi connectivity index (χ0) is 13.2. The van der Waals surface area contributed by atoms with Crippen molar-refractivity contribution in [3.63, 3.8) is 0 Å². The molecule has 1 aliphatic heterocycles. The molecule has 1 amide bonds. The maximum Gasteiger partial charge on any atom is 0.222 e. The van der Waals surface area contributed by atoms with Crippen LogP contribution in [0.25, 0.3) is 0 Å². The Labute approximate surface area is 106 Å². The van der Waals surface area contributed by atoms with E-state index in [-0.39, 0.29) is 17.9 Å². The standard InChI is InChI=1S/C14H28N2O/c1-9-8-10(2)16-11(12(9)13(15)17)6-7-14(3,4)5/h9-12,16H,6-8H2,1-5H3,(H2,15,17). The summed E-state index contributed by atoms with van der Waals surface area (Å²) in [6.45, 7) is 11.1. The number of carbonyl (C=O) groups excluding carboxylic acids is 1. The van der Waals surface area contributed by atoms with Gasteiger partial charge < -0.3 is 11.1 Å². The van der Waals surface area contributed by atoms with Crippen LogP contribution in [-0.2, 0) is 4.79 Å². The maximum absolute atomic E-state index is 11.6. The lowest BCUT2D eigenvalue weighted by Gasteiger charge is -2.40. The van der Waals surface area contributed by atoms with Crippen LogP contribution in [0.5, 0.6) is 0 Å². The van der Waals surface area contributed by atoms with E-state index in [1.807, 2.05) is 0 Å². The van der Waals surface area contributed by atoms with E-state index < -0.39 is 0 Å². The van der Waals surface area contributed by atoms with Gasteiger partial charge in [-0.2, -0.15) is 0 Å². The van der Waals surface area contributed by atoms with Crippen molar-refractivity contribution in [2.45, 2.75) is 66.0 Å². The number of nitrogens with one attached hydrogen (secondary N) is 1. The Morgan fingerprint density at radius 2 is 1.94 bits per heavy atom. The van der Waals surface area contributed by atoms with Crippen molar-refractivity contribution < 1.29 is 4.79 Å². The van der Waals surface area contributed by atoms with E-state index in [0.717, 1.165) is 19.3 Å². The highest BCUT2D eigenvalue weighted by atomic mass is 16.1. The first kappa shape index (κ1) is 14.5. The van der Waals surface area contributed by atoms with Crippen molar-refractivity contribution in [3.05, 3.63) is 0 Å². The summed E-state index contributed by atoms with van der Waals surface area (Å²) in [5, 5.41) is 3.55. The predicted molar refractivity (Wildman–Crippen MR) is 71.5 cm³/mol. The number of primary amides is 1. The van der Waals surface area contributed by atoms with E-state index >= 15 is 0 Å². The lowest BCUT2D eigenvalue weighted by molar-refractivity contribution is -0.125. The van der Waals surface area contributed by atoms with Crippen LogP contribution < -0.4 is 11.1 Å². The smallest absolute Gasteiger partial charge is 0.222 e. The van der Waals surface area contributed by atoms with E-state index in [9.17, 15) is 4.79 Å². The summed E-state index contributed by atoms with van der Waals surface area (Å²) in [7, 11) is 0. The topological polar surface area (TPSA) is 55.1 Å². The van der Waals surface area contributed by atoms with E-state index in [2.05, 4.69) is 39.9 Å². The van der Waals surface area contributed by atoms with Gasteiger partial charge in [0.2, 0.25) is 5.91 Å². The Hall–Kier alpha value is -0.570. The molecule has 1 saturated heterocycles. The number of rotatable bonds is 3. The predicted octanol–water partition coefficient (Wildman–Crippen LogP) is 2.30. The Bertz CT molecular complexity index is 270. The number of amides is 1. The molecule has 3 N–H and O–H groups in total. The summed E-state index contributed by atoms with van der Waals surface area (Å²) in [6.07, 6.45) is 3.19. The van der Waals surface area contributed by atoms with Gasteiger partial charge in [0.25, 0.3) is 0 Å². The van der Waals surface area contributed by atoms with Gasteiger partial charge in [-0.05, 0) is 37.5 Å². The normalized spacial score (nSPS) is 34.6. The average Bonchev–Trinajstić information content (AvgIpc) is 2.11. The lowest BCUT2D eigenvalue weighted by Crippen LogP contribution is -2.54. The molecule has 0 aromatic heterocycles. The molecular weight excluding hydrogens is 212 g/mol. The number of piperidine rings is 1. The maximum atomic E-state index is 11.6. The van der Waals surface area contributed by atoms with Gasteiger partial charge >= 0.3 is 0 Å². The summed E-state index contributed by atoms with van der Waals surface area (Å²) >= 11 is 0. The van der Waals surface area contributed by atoms with E-state index in [1.165, 1.54) is 0 Å². The van der Waals surface area contributed by atoms with Gasteiger partial charge in [-0.1, -0.05) is 27.7 Å². The van der Waals surface area contributed by atoms with Crippen molar-refractivity contribution in [1.29, 1.82) is 0 Å². The SMILES string of the molecule is CC1CC(C)C(C(N)=O)C(CCC(C)(C)C)N1. The molecule has 0 spiro atoms. The summed E-state index contributed by atoms with van der Waals surface area (Å²) in [5.74, 6) is 0.248. The van der Waals surface area contributed by atoms with Crippen LogP contribution in [0.3, 0.4) is 0 Å². The third-order valence-electron chi connectivity index (χ3n) is 3.80. The number of nitrogens with two attached hydrogens (primary N) is 1. The Balaban J connectivity index is 2.67. The number of carbonyl (C=O) groups is 1. The fraction of sp³-hybridized carbons (Fsp3) is 0.929.